The molecule has 0 N–H and O–H groups in total. The zero-order valence-electron chi connectivity index (χ0n) is 10.1. The van der Waals surface area contributed by atoms with Crippen LogP contribution in [0.3, 0.4) is 0 Å². The fraction of sp³-hybridized carbons (Fsp3) is 0.385. The monoisotopic (exact) mass is 243 g/mol. The maximum Gasteiger partial charge on any atom is 0.261 e. The van der Waals surface area contributed by atoms with Gasteiger partial charge in [0.05, 0.1) is 11.1 Å². The topological polar surface area (TPSA) is 62.1 Å². The number of benzene rings is 1. The first-order valence-electron chi connectivity index (χ1n) is 6.00. The second-order valence-electron chi connectivity index (χ2n) is 4.83. The van der Waals surface area contributed by atoms with Crippen molar-refractivity contribution in [2.24, 2.45) is 10.2 Å². The number of fused-ring (bicyclic) bond motifs is 1. The van der Waals surface area contributed by atoms with E-state index in [9.17, 15) is 9.59 Å². The van der Waals surface area contributed by atoms with Gasteiger partial charge in [0, 0.05) is 6.54 Å². The standard InChI is InChI=1S/C13H13N3O2/c1-13(14-15-13)7-4-8-16-11(17)9-5-2-3-6-10(9)12(16)18/h2-3,5-6H,4,7-8H2,1H3. The van der Waals surface area contributed by atoms with E-state index in [2.05, 4.69) is 10.2 Å². The van der Waals surface area contributed by atoms with Gasteiger partial charge >= 0.3 is 0 Å². The molecule has 2 aliphatic rings. The van der Waals surface area contributed by atoms with Gasteiger partial charge in [-0.1, -0.05) is 12.1 Å². The lowest BCUT2D eigenvalue weighted by Crippen LogP contribution is -2.31. The summed E-state index contributed by atoms with van der Waals surface area (Å²) >= 11 is 0. The van der Waals surface area contributed by atoms with Gasteiger partial charge in [-0.2, -0.15) is 10.2 Å². The van der Waals surface area contributed by atoms with Crippen LogP contribution in [-0.2, 0) is 0 Å². The van der Waals surface area contributed by atoms with E-state index in [1.165, 1.54) is 4.90 Å². The van der Waals surface area contributed by atoms with E-state index < -0.39 is 0 Å². The molecule has 0 unspecified atom stereocenters. The van der Waals surface area contributed by atoms with E-state index in [-0.39, 0.29) is 17.5 Å². The van der Waals surface area contributed by atoms with Gasteiger partial charge in [0.25, 0.3) is 11.8 Å². The lowest BCUT2D eigenvalue weighted by Gasteiger charge is -2.13. The Hall–Kier alpha value is -2.04. The largest absolute Gasteiger partial charge is 0.274 e. The maximum absolute atomic E-state index is 12.0. The lowest BCUT2D eigenvalue weighted by molar-refractivity contribution is 0.0650. The van der Waals surface area contributed by atoms with Crippen LogP contribution in [0.25, 0.3) is 0 Å². The predicted octanol–water partition coefficient (Wildman–Crippen LogP) is 2.24. The van der Waals surface area contributed by atoms with E-state index in [1.807, 2.05) is 6.92 Å². The molecule has 2 amide bonds. The Kier molecular flexibility index (Phi) is 2.29. The molecule has 1 aromatic carbocycles. The summed E-state index contributed by atoms with van der Waals surface area (Å²) in [4.78, 5) is 25.4. The van der Waals surface area contributed by atoms with Crippen molar-refractivity contribution in [2.75, 3.05) is 6.54 Å². The molecule has 18 heavy (non-hydrogen) atoms. The third kappa shape index (κ3) is 1.72. The Balaban J connectivity index is 1.68. The molecule has 0 bridgehead atoms. The van der Waals surface area contributed by atoms with Crippen LogP contribution in [0.5, 0.6) is 0 Å². The van der Waals surface area contributed by atoms with Crippen LogP contribution in [-0.4, -0.2) is 28.9 Å². The molecule has 2 heterocycles. The van der Waals surface area contributed by atoms with E-state index in [0.29, 0.717) is 17.7 Å². The first kappa shape index (κ1) is 11.1. The number of carbonyl (C=O) groups is 2. The SMILES string of the molecule is CC1(CCCN2C(=O)c3ccccc3C2=O)N=N1. The number of carbonyl (C=O) groups excluding carboxylic acids is 2. The minimum atomic E-state index is -0.265. The zero-order valence-corrected chi connectivity index (χ0v) is 10.1. The Morgan fingerprint density at radius 2 is 1.67 bits per heavy atom. The van der Waals surface area contributed by atoms with Crippen LogP contribution in [0.15, 0.2) is 34.5 Å². The van der Waals surface area contributed by atoms with Crippen molar-refractivity contribution in [2.45, 2.75) is 25.4 Å². The van der Waals surface area contributed by atoms with Crippen molar-refractivity contribution in [1.29, 1.82) is 0 Å². The summed E-state index contributed by atoms with van der Waals surface area (Å²) in [5.41, 5.74) is 0.752. The molecule has 3 rings (SSSR count). The summed E-state index contributed by atoms with van der Waals surface area (Å²) in [7, 11) is 0. The molecule has 0 spiro atoms. The van der Waals surface area contributed by atoms with Gasteiger partial charge < -0.3 is 0 Å². The van der Waals surface area contributed by atoms with Crippen LogP contribution in [0, 0.1) is 0 Å². The Morgan fingerprint density at radius 1 is 1.11 bits per heavy atom. The normalized spacial score (nSPS) is 19.3. The maximum atomic E-state index is 12.0. The Labute approximate surface area is 105 Å². The fourth-order valence-electron chi connectivity index (χ4n) is 2.20. The van der Waals surface area contributed by atoms with E-state index in [0.717, 1.165) is 12.8 Å². The summed E-state index contributed by atoms with van der Waals surface area (Å²) < 4.78 is 0. The fourth-order valence-corrected chi connectivity index (χ4v) is 2.20. The van der Waals surface area contributed by atoms with Crippen molar-refractivity contribution in [3.8, 4) is 0 Å². The van der Waals surface area contributed by atoms with Crippen molar-refractivity contribution in [3.05, 3.63) is 35.4 Å². The van der Waals surface area contributed by atoms with Crippen molar-refractivity contribution >= 4 is 11.8 Å². The summed E-state index contributed by atoms with van der Waals surface area (Å²) in [6.07, 6.45) is 1.51. The third-order valence-corrected chi connectivity index (χ3v) is 3.35. The highest BCUT2D eigenvalue weighted by atomic mass is 16.2. The van der Waals surface area contributed by atoms with Crippen molar-refractivity contribution in [3.63, 3.8) is 0 Å². The molecule has 5 heteroatoms. The van der Waals surface area contributed by atoms with Crippen LogP contribution < -0.4 is 0 Å². The van der Waals surface area contributed by atoms with Crippen LogP contribution in [0.2, 0.25) is 0 Å². The number of hydrogen-bond acceptors (Lipinski definition) is 4. The molecule has 92 valence electrons. The molecular weight excluding hydrogens is 230 g/mol. The van der Waals surface area contributed by atoms with Gasteiger partial charge in [-0.15, -0.1) is 0 Å². The van der Waals surface area contributed by atoms with Gasteiger partial charge in [0.2, 0.25) is 0 Å². The number of nitrogens with zero attached hydrogens (tertiary/aromatic N) is 3. The smallest absolute Gasteiger partial charge is 0.261 e. The lowest BCUT2D eigenvalue weighted by atomic mass is 10.1. The molecule has 0 radical (unpaired) electrons. The molecule has 0 atom stereocenters. The predicted molar refractivity (Wildman–Crippen MR) is 64.3 cm³/mol. The number of hydrogen-bond donors (Lipinski definition) is 0. The highest BCUT2D eigenvalue weighted by Gasteiger charge is 2.37. The summed E-state index contributed by atoms with van der Waals surface area (Å²) in [6.45, 7) is 2.38. The summed E-state index contributed by atoms with van der Waals surface area (Å²) in [6, 6.07) is 6.94. The summed E-state index contributed by atoms with van der Waals surface area (Å²) in [5, 5.41) is 7.83. The van der Waals surface area contributed by atoms with Gasteiger partial charge in [0.15, 0.2) is 5.66 Å². The van der Waals surface area contributed by atoms with E-state index >= 15 is 0 Å². The number of rotatable bonds is 4. The first-order chi connectivity index (χ1) is 8.61. The minimum absolute atomic E-state index is 0.189. The highest BCUT2D eigenvalue weighted by molar-refractivity contribution is 6.21. The molecule has 0 aliphatic carbocycles. The number of imide groups is 1. The molecule has 1 aromatic rings. The molecule has 0 aromatic heterocycles. The molecule has 0 saturated heterocycles. The van der Waals surface area contributed by atoms with E-state index in [4.69, 9.17) is 0 Å². The molecule has 2 aliphatic heterocycles. The first-order valence-corrected chi connectivity index (χ1v) is 6.00. The highest BCUT2D eigenvalue weighted by Crippen LogP contribution is 2.32. The molecule has 0 saturated carbocycles. The summed E-state index contributed by atoms with van der Waals surface area (Å²) in [5.74, 6) is -0.379. The average molecular weight is 243 g/mol. The minimum Gasteiger partial charge on any atom is -0.274 e. The second kappa shape index (κ2) is 3.73. The van der Waals surface area contributed by atoms with Gasteiger partial charge in [-0.25, -0.2) is 0 Å². The van der Waals surface area contributed by atoms with Crippen LogP contribution in [0.4, 0.5) is 0 Å². The van der Waals surface area contributed by atoms with Crippen molar-refractivity contribution < 1.29 is 9.59 Å². The van der Waals surface area contributed by atoms with Gasteiger partial charge in [-0.3, -0.25) is 14.5 Å². The van der Waals surface area contributed by atoms with Crippen LogP contribution in [0.1, 0.15) is 40.5 Å². The van der Waals surface area contributed by atoms with Crippen LogP contribution >= 0.6 is 0 Å². The molecule has 5 nitrogen and oxygen atoms in total. The van der Waals surface area contributed by atoms with Gasteiger partial charge in [-0.05, 0) is 31.9 Å². The molecule has 0 fully saturated rings. The molecular formula is C13H13N3O2. The second-order valence-corrected chi connectivity index (χ2v) is 4.83. The van der Waals surface area contributed by atoms with Gasteiger partial charge in [0.1, 0.15) is 0 Å². The van der Waals surface area contributed by atoms with Crippen molar-refractivity contribution in [1.82, 2.24) is 4.90 Å². The zero-order chi connectivity index (χ0) is 12.8. The Bertz CT molecular complexity index is 524. The van der Waals surface area contributed by atoms with E-state index in [1.54, 1.807) is 24.3 Å². The number of amides is 2. The third-order valence-electron chi connectivity index (χ3n) is 3.35. The Morgan fingerprint density at radius 3 is 2.17 bits per heavy atom. The quantitative estimate of drug-likeness (QED) is 0.761. The average Bonchev–Trinajstić information content (AvgIpc) is 3.06.